The Morgan fingerprint density at radius 1 is 1.29 bits per heavy atom. The molecule has 0 atom stereocenters. The number of esters is 1. The zero-order valence-corrected chi connectivity index (χ0v) is 13.1. The van der Waals surface area contributed by atoms with Crippen molar-refractivity contribution >= 4 is 5.97 Å². The number of carbonyl (C=O) groups excluding carboxylic acids is 1. The van der Waals surface area contributed by atoms with E-state index >= 15 is 0 Å². The van der Waals surface area contributed by atoms with E-state index in [9.17, 15) is 4.79 Å². The quantitative estimate of drug-likeness (QED) is 0.816. The first-order chi connectivity index (χ1) is 10.2. The zero-order valence-electron chi connectivity index (χ0n) is 13.1. The Kier molecular flexibility index (Phi) is 5.76. The molecule has 1 aromatic carbocycles. The largest absolute Gasteiger partial charge is 0.468 e. The Balaban J connectivity index is 2.00. The van der Waals surface area contributed by atoms with Crippen molar-refractivity contribution in [3.63, 3.8) is 0 Å². The normalized spacial score (nSPS) is 18.4. The molecule has 0 saturated carbocycles. The van der Waals surface area contributed by atoms with Crippen molar-refractivity contribution in [2.24, 2.45) is 0 Å². The van der Waals surface area contributed by atoms with Crippen LogP contribution in [0.1, 0.15) is 31.7 Å². The highest BCUT2D eigenvalue weighted by molar-refractivity contribution is 5.81. The number of nitrogens with zero attached hydrogens (tertiary/aromatic N) is 1. The third kappa shape index (κ3) is 4.05. The van der Waals surface area contributed by atoms with E-state index in [0.29, 0.717) is 6.54 Å². The molecule has 1 aliphatic heterocycles. The molecule has 0 aliphatic carbocycles. The molecule has 0 spiro atoms. The molecule has 0 bridgehead atoms. The SMILES string of the molecule is CCCN1CCC(NCc2ccccc2)(C(=O)OC)CC1. The van der Waals surface area contributed by atoms with Gasteiger partial charge in [-0.2, -0.15) is 0 Å². The Bertz CT molecular complexity index is 439. The lowest BCUT2D eigenvalue weighted by Crippen LogP contribution is -2.58. The van der Waals surface area contributed by atoms with Crippen molar-refractivity contribution in [3.05, 3.63) is 35.9 Å². The van der Waals surface area contributed by atoms with Crippen molar-refractivity contribution < 1.29 is 9.53 Å². The van der Waals surface area contributed by atoms with Gasteiger partial charge in [0.15, 0.2) is 0 Å². The molecule has 1 N–H and O–H groups in total. The zero-order chi connectivity index (χ0) is 15.1. The maximum Gasteiger partial charge on any atom is 0.326 e. The lowest BCUT2D eigenvalue weighted by Gasteiger charge is -2.40. The second kappa shape index (κ2) is 7.57. The smallest absolute Gasteiger partial charge is 0.326 e. The standard InChI is InChI=1S/C17H26N2O2/c1-3-11-19-12-9-17(10-13-19,16(20)21-2)18-14-15-7-5-4-6-8-15/h4-8,18H,3,9-14H2,1-2H3. The monoisotopic (exact) mass is 290 g/mol. The number of hydrogen-bond acceptors (Lipinski definition) is 4. The fourth-order valence-electron chi connectivity index (χ4n) is 2.99. The van der Waals surface area contributed by atoms with Gasteiger partial charge in [0.25, 0.3) is 0 Å². The Hall–Kier alpha value is -1.39. The van der Waals surface area contributed by atoms with Crippen LogP contribution in [0.3, 0.4) is 0 Å². The highest BCUT2D eigenvalue weighted by Gasteiger charge is 2.41. The van der Waals surface area contributed by atoms with Gasteiger partial charge in [-0.25, -0.2) is 0 Å². The molecule has 1 saturated heterocycles. The van der Waals surface area contributed by atoms with Crippen molar-refractivity contribution in [1.29, 1.82) is 0 Å². The fraction of sp³-hybridized carbons (Fsp3) is 0.588. The number of rotatable bonds is 6. The molecule has 1 fully saturated rings. The van der Waals surface area contributed by atoms with Crippen molar-refractivity contribution in [1.82, 2.24) is 10.2 Å². The van der Waals surface area contributed by atoms with E-state index in [-0.39, 0.29) is 5.97 Å². The summed E-state index contributed by atoms with van der Waals surface area (Å²) in [5.41, 5.74) is 0.659. The summed E-state index contributed by atoms with van der Waals surface area (Å²) in [6, 6.07) is 10.2. The van der Waals surface area contributed by atoms with E-state index in [1.165, 1.54) is 12.7 Å². The molecule has 4 nitrogen and oxygen atoms in total. The third-order valence-corrected chi connectivity index (χ3v) is 4.30. The van der Waals surface area contributed by atoms with Crippen LogP contribution in [0.5, 0.6) is 0 Å². The molecule has 0 unspecified atom stereocenters. The van der Waals surface area contributed by atoms with E-state index in [4.69, 9.17) is 4.74 Å². The van der Waals surface area contributed by atoms with Gasteiger partial charge in [-0.15, -0.1) is 0 Å². The van der Waals surface area contributed by atoms with Crippen LogP contribution in [0.4, 0.5) is 0 Å². The number of ether oxygens (including phenoxy) is 1. The third-order valence-electron chi connectivity index (χ3n) is 4.30. The van der Waals surface area contributed by atoms with Crippen LogP contribution in [0.2, 0.25) is 0 Å². The summed E-state index contributed by atoms with van der Waals surface area (Å²) in [6.45, 7) is 5.89. The number of methoxy groups -OCH3 is 1. The van der Waals surface area contributed by atoms with Crippen molar-refractivity contribution in [2.75, 3.05) is 26.7 Å². The minimum Gasteiger partial charge on any atom is -0.468 e. The molecule has 4 heteroatoms. The van der Waals surface area contributed by atoms with Gasteiger partial charge in [0.2, 0.25) is 0 Å². The topological polar surface area (TPSA) is 41.6 Å². The van der Waals surface area contributed by atoms with Gasteiger partial charge in [-0.05, 0) is 31.4 Å². The van der Waals surface area contributed by atoms with Crippen LogP contribution in [-0.4, -0.2) is 43.2 Å². The van der Waals surface area contributed by atoms with Crippen molar-refractivity contribution in [3.8, 4) is 0 Å². The molecule has 116 valence electrons. The summed E-state index contributed by atoms with van der Waals surface area (Å²) in [6.07, 6.45) is 2.78. The predicted molar refractivity (Wildman–Crippen MR) is 84.0 cm³/mol. The molecule has 1 aliphatic rings. The van der Waals surface area contributed by atoms with E-state index < -0.39 is 5.54 Å². The predicted octanol–water partition coefficient (Wildman–Crippen LogP) is 2.19. The summed E-state index contributed by atoms with van der Waals surface area (Å²) in [5.74, 6) is -0.130. The summed E-state index contributed by atoms with van der Waals surface area (Å²) < 4.78 is 5.06. The number of carbonyl (C=O) groups is 1. The average Bonchev–Trinajstić information content (AvgIpc) is 2.55. The first-order valence-electron chi connectivity index (χ1n) is 7.80. The number of piperidine rings is 1. The highest BCUT2D eigenvalue weighted by Crippen LogP contribution is 2.24. The highest BCUT2D eigenvalue weighted by atomic mass is 16.5. The first kappa shape index (κ1) is 16.0. The molecular weight excluding hydrogens is 264 g/mol. The lowest BCUT2D eigenvalue weighted by atomic mass is 9.87. The summed E-state index contributed by atoms with van der Waals surface area (Å²) in [5, 5.41) is 3.46. The average molecular weight is 290 g/mol. The minimum absolute atomic E-state index is 0.130. The van der Waals surface area contributed by atoms with E-state index in [1.807, 2.05) is 18.2 Å². The molecule has 1 aromatic rings. The Morgan fingerprint density at radius 2 is 1.95 bits per heavy atom. The van der Waals surface area contributed by atoms with Crippen LogP contribution >= 0.6 is 0 Å². The van der Waals surface area contributed by atoms with Gasteiger partial charge in [-0.3, -0.25) is 10.1 Å². The first-order valence-corrected chi connectivity index (χ1v) is 7.80. The van der Waals surface area contributed by atoms with Crippen LogP contribution in [-0.2, 0) is 16.1 Å². The summed E-state index contributed by atoms with van der Waals surface area (Å²) >= 11 is 0. The lowest BCUT2D eigenvalue weighted by molar-refractivity contribution is -0.151. The van der Waals surface area contributed by atoms with Crippen LogP contribution in [0.15, 0.2) is 30.3 Å². The second-order valence-corrected chi connectivity index (χ2v) is 5.75. The van der Waals surface area contributed by atoms with E-state index in [1.54, 1.807) is 0 Å². The maximum atomic E-state index is 12.3. The van der Waals surface area contributed by atoms with Gasteiger partial charge in [0.05, 0.1) is 7.11 Å². The fourth-order valence-corrected chi connectivity index (χ4v) is 2.99. The van der Waals surface area contributed by atoms with Gasteiger partial charge in [-0.1, -0.05) is 37.3 Å². The molecule has 21 heavy (non-hydrogen) atoms. The minimum atomic E-state index is -0.533. The molecule has 1 heterocycles. The maximum absolute atomic E-state index is 12.3. The molecule has 0 aromatic heterocycles. The van der Waals surface area contributed by atoms with Crippen LogP contribution in [0.25, 0.3) is 0 Å². The van der Waals surface area contributed by atoms with E-state index in [0.717, 1.165) is 38.9 Å². The summed E-state index contributed by atoms with van der Waals surface area (Å²) in [7, 11) is 1.48. The Morgan fingerprint density at radius 3 is 2.52 bits per heavy atom. The number of benzene rings is 1. The Labute approximate surface area is 127 Å². The number of nitrogens with one attached hydrogen (secondary N) is 1. The van der Waals surface area contributed by atoms with E-state index in [2.05, 4.69) is 29.3 Å². The van der Waals surface area contributed by atoms with Gasteiger partial charge < -0.3 is 9.64 Å². The molecule has 0 radical (unpaired) electrons. The van der Waals surface area contributed by atoms with Crippen LogP contribution in [0, 0.1) is 0 Å². The molecule has 0 amide bonds. The van der Waals surface area contributed by atoms with Gasteiger partial charge >= 0.3 is 5.97 Å². The summed E-state index contributed by atoms with van der Waals surface area (Å²) in [4.78, 5) is 14.7. The second-order valence-electron chi connectivity index (χ2n) is 5.75. The number of hydrogen-bond donors (Lipinski definition) is 1. The molecule has 2 rings (SSSR count). The molecular formula is C17H26N2O2. The number of likely N-dealkylation sites (tertiary alicyclic amines) is 1. The van der Waals surface area contributed by atoms with Gasteiger partial charge in [0, 0.05) is 19.6 Å². The van der Waals surface area contributed by atoms with Crippen LogP contribution < -0.4 is 5.32 Å². The van der Waals surface area contributed by atoms with Gasteiger partial charge in [0.1, 0.15) is 5.54 Å². The van der Waals surface area contributed by atoms with Crippen molar-refractivity contribution in [2.45, 2.75) is 38.3 Å².